The fraction of sp³-hybridized carbons (Fsp3) is 1.00. The van der Waals surface area contributed by atoms with Gasteiger partial charge in [0, 0.05) is 14.2 Å². The highest BCUT2D eigenvalue weighted by atomic mass is 16.5. The van der Waals surface area contributed by atoms with Crippen LogP contribution in [0.3, 0.4) is 0 Å². The van der Waals surface area contributed by atoms with Gasteiger partial charge in [-0.3, -0.25) is 0 Å². The maximum absolute atomic E-state index is 5.87. The van der Waals surface area contributed by atoms with Gasteiger partial charge in [-0.15, -0.1) is 0 Å². The summed E-state index contributed by atoms with van der Waals surface area (Å²) in [6.45, 7) is 0. The number of hydrogen-bond donors (Lipinski definition) is 0. The predicted octanol–water partition coefficient (Wildman–Crippen LogP) is 4.18. The first-order chi connectivity index (χ1) is 8.86. The molecule has 2 saturated carbocycles. The zero-order chi connectivity index (χ0) is 12.8. The fourth-order valence-corrected chi connectivity index (χ4v) is 4.12. The molecule has 0 bridgehead atoms. The second-order valence-corrected chi connectivity index (χ2v) is 6.20. The Labute approximate surface area is 112 Å². The van der Waals surface area contributed by atoms with Crippen molar-refractivity contribution in [2.24, 2.45) is 11.8 Å². The molecule has 0 aromatic heterocycles. The third kappa shape index (κ3) is 3.48. The topological polar surface area (TPSA) is 18.5 Å². The minimum Gasteiger partial charge on any atom is -0.378 e. The molecule has 106 valence electrons. The van der Waals surface area contributed by atoms with Crippen molar-refractivity contribution in [1.29, 1.82) is 0 Å². The largest absolute Gasteiger partial charge is 0.378 e. The zero-order valence-corrected chi connectivity index (χ0v) is 12.2. The van der Waals surface area contributed by atoms with Crippen molar-refractivity contribution in [2.45, 2.75) is 76.4 Å². The van der Waals surface area contributed by atoms with Gasteiger partial charge in [-0.1, -0.05) is 38.5 Å². The summed E-state index contributed by atoms with van der Waals surface area (Å²) in [5, 5.41) is 0. The Morgan fingerprint density at radius 1 is 0.611 bits per heavy atom. The van der Waals surface area contributed by atoms with Gasteiger partial charge < -0.3 is 9.47 Å². The van der Waals surface area contributed by atoms with Crippen molar-refractivity contribution in [3.8, 4) is 0 Å². The van der Waals surface area contributed by atoms with Gasteiger partial charge in [0.05, 0.1) is 12.2 Å². The molecule has 2 aliphatic rings. The van der Waals surface area contributed by atoms with Gasteiger partial charge in [0.15, 0.2) is 0 Å². The SMILES string of the molecule is CO[C@@H](C1CCCCC1)[C@@H](OC)C1CCCCC1. The van der Waals surface area contributed by atoms with E-state index in [1.165, 1.54) is 64.2 Å². The average molecular weight is 254 g/mol. The number of rotatable bonds is 5. The van der Waals surface area contributed by atoms with Gasteiger partial charge in [-0.2, -0.15) is 0 Å². The van der Waals surface area contributed by atoms with Gasteiger partial charge in [0.1, 0.15) is 0 Å². The Morgan fingerprint density at radius 2 is 0.944 bits per heavy atom. The molecule has 0 aliphatic heterocycles. The van der Waals surface area contributed by atoms with Crippen LogP contribution in [-0.2, 0) is 9.47 Å². The van der Waals surface area contributed by atoms with Crippen molar-refractivity contribution in [3.05, 3.63) is 0 Å². The molecule has 2 heteroatoms. The van der Waals surface area contributed by atoms with E-state index < -0.39 is 0 Å². The summed E-state index contributed by atoms with van der Waals surface area (Å²) in [4.78, 5) is 0. The molecule has 2 nitrogen and oxygen atoms in total. The van der Waals surface area contributed by atoms with Crippen LogP contribution in [0.15, 0.2) is 0 Å². The molecule has 0 unspecified atom stereocenters. The molecule has 0 aromatic carbocycles. The Hall–Kier alpha value is -0.0800. The second-order valence-electron chi connectivity index (χ2n) is 6.20. The van der Waals surface area contributed by atoms with Crippen LogP contribution in [0.4, 0.5) is 0 Å². The van der Waals surface area contributed by atoms with E-state index in [4.69, 9.17) is 9.47 Å². The van der Waals surface area contributed by atoms with Crippen molar-refractivity contribution in [2.75, 3.05) is 14.2 Å². The Bertz CT molecular complexity index is 193. The van der Waals surface area contributed by atoms with E-state index in [9.17, 15) is 0 Å². The summed E-state index contributed by atoms with van der Waals surface area (Å²) in [5.74, 6) is 1.46. The second kappa shape index (κ2) is 7.49. The van der Waals surface area contributed by atoms with E-state index in [1.807, 2.05) is 14.2 Å². The summed E-state index contributed by atoms with van der Waals surface area (Å²) >= 11 is 0. The molecule has 0 N–H and O–H groups in total. The molecule has 18 heavy (non-hydrogen) atoms. The van der Waals surface area contributed by atoms with Crippen LogP contribution < -0.4 is 0 Å². The van der Waals surface area contributed by atoms with E-state index in [-0.39, 0.29) is 0 Å². The Kier molecular flexibility index (Phi) is 5.97. The Balaban J connectivity index is 1.97. The van der Waals surface area contributed by atoms with Gasteiger partial charge in [0.2, 0.25) is 0 Å². The van der Waals surface area contributed by atoms with Crippen LogP contribution in [0.2, 0.25) is 0 Å². The predicted molar refractivity (Wildman–Crippen MR) is 74.7 cm³/mol. The number of methoxy groups -OCH3 is 2. The van der Waals surface area contributed by atoms with Crippen molar-refractivity contribution < 1.29 is 9.47 Å². The molecule has 2 rings (SSSR count). The van der Waals surface area contributed by atoms with E-state index in [1.54, 1.807) is 0 Å². The van der Waals surface area contributed by atoms with Gasteiger partial charge in [0.25, 0.3) is 0 Å². The van der Waals surface area contributed by atoms with Crippen molar-refractivity contribution in [1.82, 2.24) is 0 Å². The first-order valence-corrected chi connectivity index (χ1v) is 7.92. The summed E-state index contributed by atoms with van der Waals surface area (Å²) < 4.78 is 11.7. The summed E-state index contributed by atoms with van der Waals surface area (Å²) in [6.07, 6.45) is 14.4. The summed E-state index contributed by atoms with van der Waals surface area (Å²) in [6, 6.07) is 0. The maximum Gasteiger partial charge on any atom is 0.0863 e. The quantitative estimate of drug-likeness (QED) is 0.733. The molecule has 0 spiro atoms. The van der Waals surface area contributed by atoms with Crippen LogP contribution in [-0.4, -0.2) is 26.4 Å². The molecule has 0 saturated heterocycles. The molecule has 2 atom stereocenters. The lowest BCUT2D eigenvalue weighted by atomic mass is 9.76. The molecule has 2 aliphatic carbocycles. The van der Waals surface area contributed by atoms with E-state index >= 15 is 0 Å². The highest BCUT2D eigenvalue weighted by Gasteiger charge is 2.36. The molecular weight excluding hydrogens is 224 g/mol. The normalized spacial score (nSPS) is 27.0. The number of ether oxygens (including phenoxy) is 2. The van der Waals surface area contributed by atoms with Gasteiger partial charge in [-0.05, 0) is 37.5 Å². The fourth-order valence-electron chi connectivity index (χ4n) is 4.12. The van der Waals surface area contributed by atoms with Crippen LogP contribution in [0, 0.1) is 11.8 Å². The molecule has 0 aromatic rings. The van der Waals surface area contributed by atoms with Crippen LogP contribution >= 0.6 is 0 Å². The molecule has 0 amide bonds. The number of hydrogen-bond acceptors (Lipinski definition) is 2. The van der Waals surface area contributed by atoms with Crippen LogP contribution in [0.5, 0.6) is 0 Å². The Morgan fingerprint density at radius 3 is 1.22 bits per heavy atom. The molecule has 2 fully saturated rings. The van der Waals surface area contributed by atoms with Crippen molar-refractivity contribution >= 4 is 0 Å². The highest BCUT2D eigenvalue weighted by molar-refractivity contribution is 4.86. The van der Waals surface area contributed by atoms with Crippen LogP contribution in [0.25, 0.3) is 0 Å². The molecule has 0 heterocycles. The van der Waals surface area contributed by atoms with Crippen molar-refractivity contribution in [3.63, 3.8) is 0 Å². The summed E-state index contributed by atoms with van der Waals surface area (Å²) in [7, 11) is 3.77. The standard InChI is InChI=1S/C16H30O2/c1-17-15(13-9-5-3-6-10-13)16(18-2)14-11-7-4-8-12-14/h13-16H,3-12H2,1-2H3/t15-,16-/m0/s1. The maximum atomic E-state index is 5.87. The first kappa shape index (κ1) is 14.3. The average Bonchev–Trinajstić information content (AvgIpc) is 2.46. The third-order valence-corrected chi connectivity index (χ3v) is 5.10. The summed E-state index contributed by atoms with van der Waals surface area (Å²) in [5.41, 5.74) is 0. The minimum absolute atomic E-state index is 0.332. The van der Waals surface area contributed by atoms with Gasteiger partial charge >= 0.3 is 0 Å². The van der Waals surface area contributed by atoms with E-state index in [0.717, 1.165) is 11.8 Å². The lowest BCUT2D eigenvalue weighted by Gasteiger charge is -2.39. The lowest BCUT2D eigenvalue weighted by molar-refractivity contribution is -0.101. The van der Waals surface area contributed by atoms with Crippen LogP contribution in [0.1, 0.15) is 64.2 Å². The van der Waals surface area contributed by atoms with E-state index in [0.29, 0.717) is 12.2 Å². The third-order valence-electron chi connectivity index (χ3n) is 5.10. The first-order valence-electron chi connectivity index (χ1n) is 7.92. The molecule has 0 radical (unpaired) electrons. The minimum atomic E-state index is 0.332. The monoisotopic (exact) mass is 254 g/mol. The zero-order valence-electron chi connectivity index (χ0n) is 12.2. The highest BCUT2D eigenvalue weighted by Crippen LogP contribution is 2.36. The van der Waals surface area contributed by atoms with Gasteiger partial charge in [-0.25, -0.2) is 0 Å². The van der Waals surface area contributed by atoms with E-state index in [2.05, 4.69) is 0 Å². The molecular formula is C16H30O2. The smallest absolute Gasteiger partial charge is 0.0863 e. The lowest BCUT2D eigenvalue weighted by Crippen LogP contribution is -2.43.